The SMILES string of the molecule is CC(Nc1cccc2n[se]nc12)c1ccc(N(C)C)cc1. The third-order valence-corrected chi connectivity index (χ3v) is 4.71. The Bertz CT molecular complexity index is 733. The van der Waals surface area contributed by atoms with E-state index in [1.807, 2.05) is 12.1 Å². The molecule has 0 aliphatic heterocycles. The van der Waals surface area contributed by atoms with Crippen LogP contribution in [0.5, 0.6) is 0 Å². The number of nitrogens with one attached hydrogen (secondary N) is 1. The van der Waals surface area contributed by atoms with Crippen molar-refractivity contribution in [1.82, 2.24) is 7.96 Å². The van der Waals surface area contributed by atoms with Gasteiger partial charge in [-0.1, -0.05) is 0 Å². The number of aromatic nitrogens is 2. The number of fused-ring (bicyclic) bond motifs is 1. The van der Waals surface area contributed by atoms with Gasteiger partial charge in [-0.15, -0.1) is 0 Å². The van der Waals surface area contributed by atoms with Crippen LogP contribution < -0.4 is 10.2 Å². The van der Waals surface area contributed by atoms with Crippen LogP contribution in [0.3, 0.4) is 0 Å². The van der Waals surface area contributed by atoms with Gasteiger partial charge >= 0.3 is 131 Å². The number of hydrogen-bond donors (Lipinski definition) is 1. The van der Waals surface area contributed by atoms with Crippen molar-refractivity contribution in [2.75, 3.05) is 24.3 Å². The molecule has 1 aromatic heterocycles. The third kappa shape index (κ3) is 2.94. The molecule has 0 spiro atoms. The molecule has 1 unspecified atom stereocenters. The number of benzene rings is 2. The molecule has 1 heterocycles. The van der Waals surface area contributed by atoms with Gasteiger partial charge in [0.2, 0.25) is 0 Å². The summed E-state index contributed by atoms with van der Waals surface area (Å²) in [6.07, 6.45) is 0. The minimum absolute atomic E-state index is 0.0106. The predicted molar refractivity (Wildman–Crippen MR) is 89.3 cm³/mol. The summed E-state index contributed by atoms with van der Waals surface area (Å²) in [7, 11) is 4.10. The van der Waals surface area contributed by atoms with Gasteiger partial charge < -0.3 is 0 Å². The number of anilines is 2. The van der Waals surface area contributed by atoms with Crippen LogP contribution in [-0.2, 0) is 0 Å². The normalized spacial score (nSPS) is 12.3. The predicted octanol–water partition coefficient (Wildman–Crippen LogP) is 2.93. The van der Waals surface area contributed by atoms with Crippen molar-refractivity contribution in [3.63, 3.8) is 0 Å². The molecule has 108 valence electrons. The van der Waals surface area contributed by atoms with E-state index in [2.05, 4.69) is 69.5 Å². The van der Waals surface area contributed by atoms with Crippen LogP contribution in [0.15, 0.2) is 42.5 Å². The Labute approximate surface area is 131 Å². The molecular formula is C16H18N4Se. The Hall–Kier alpha value is -1.84. The van der Waals surface area contributed by atoms with Crippen molar-refractivity contribution >= 4 is 37.4 Å². The second-order valence-corrected chi connectivity index (χ2v) is 6.40. The second kappa shape index (κ2) is 5.88. The molecule has 21 heavy (non-hydrogen) atoms. The molecule has 3 rings (SSSR count). The monoisotopic (exact) mass is 346 g/mol. The summed E-state index contributed by atoms with van der Waals surface area (Å²) in [6.45, 7) is 2.17. The van der Waals surface area contributed by atoms with Gasteiger partial charge in [0, 0.05) is 0 Å². The summed E-state index contributed by atoms with van der Waals surface area (Å²) in [5.74, 6) is 0. The van der Waals surface area contributed by atoms with E-state index in [0.29, 0.717) is 0 Å². The fraction of sp³-hybridized carbons (Fsp3) is 0.250. The van der Waals surface area contributed by atoms with Crippen molar-refractivity contribution in [2.24, 2.45) is 0 Å². The van der Waals surface area contributed by atoms with E-state index < -0.39 is 0 Å². The van der Waals surface area contributed by atoms with Crippen LogP contribution in [0.1, 0.15) is 18.5 Å². The van der Waals surface area contributed by atoms with E-state index >= 15 is 0 Å². The first-order valence-corrected chi connectivity index (χ1v) is 8.43. The first-order chi connectivity index (χ1) is 10.1. The van der Waals surface area contributed by atoms with Gasteiger partial charge in [0.1, 0.15) is 0 Å². The Morgan fingerprint density at radius 1 is 1.05 bits per heavy atom. The van der Waals surface area contributed by atoms with Gasteiger partial charge in [-0.2, -0.15) is 0 Å². The summed E-state index contributed by atoms with van der Waals surface area (Å²) in [5.41, 5.74) is 5.56. The number of rotatable bonds is 4. The van der Waals surface area contributed by atoms with Crippen molar-refractivity contribution < 1.29 is 0 Å². The molecule has 0 fully saturated rings. The average molecular weight is 345 g/mol. The van der Waals surface area contributed by atoms with Gasteiger partial charge in [0.05, 0.1) is 0 Å². The molecule has 3 aromatic rings. The van der Waals surface area contributed by atoms with E-state index in [1.54, 1.807) is 0 Å². The van der Waals surface area contributed by atoms with Gasteiger partial charge in [-0.25, -0.2) is 0 Å². The first-order valence-electron chi connectivity index (χ1n) is 6.90. The van der Waals surface area contributed by atoms with Crippen LogP contribution >= 0.6 is 0 Å². The standard InChI is InChI=1S/C16H18N4Se/c1-11(12-7-9-13(10-8-12)20(2)3)17-14-5-4-6-15-16(14)19-21-18-15/h4-11,17H,1-3H3. The maximum atomic E-state index is 4.51. The Morgan fingerprint density at radius 3 is 2.52 bits per heavy atom. The first kappa shape index (κ1) is 14.1. The molecule has 0 amide bonds. The van der Waals surface area contributed by atoms with Gasteiger partial charge in [-0.3, -0.25) is 0 Å². The molecule has 0 aliphatic rings. The van der Waals surface area contributed by atoms with E-state index in [4.69, 9.17) is 0 Å². The quantitative estimate of drug-likeness (QED) is 0.738. The van der Waals surface area contributed by atoms with Gasteiger partial charge in [0.15, 0.2) is 0 Å². The summed E-state index contributed by atoms with van der Waals surface area (Å²) in [4.78, 5) is 2.11. The molecular weight excluding hydrogens is 327 g/mol. The molecule has 0 radical (unpaired) electrons. The summed E-state index contributed by atoms with van der Waals surface area (Å²) >= 11 is 0.0106. The van der Waals surface area contributed by atoms with Crippen LogP contribution in [0.4, 0.5) is 11.4 Å². The Morgan fingerprint density at radius 2 is 1.81 bits per heavy atom. The molecule has 2 aromatic carbocycles. The van der Waals surface area contributed by atoms with Gasteiger partial charge in [0.25, 0.3) is 0 Å². The van der Waals surface area contributed by atoms with Crippen LogP contribution in [0.25, 0.3) is 11.0 Å². The van der Waals surface area contributed by atoms with E-state index in [0.717, 1.165) is 16.7 Å². The zero-order chi connectivity index (χ0) is 14.8. The molecule has 0 aliphatic carbocycles. The fourth-order valence-electron chi connectivity index (χ4n) is 2.30. The number of hydrogen-bond acceptors (Lipinski definition) is 4. The maximum absolute atomic E-state index is 4.51. The Kier molecular flexibility index (Phi) is 3.95. The van der Waals surface area contributed by atoms with Crippen LogP contribution in [-0.4, -0.2) is 37.0 Å². The molecule has 0 bridgehead atoms. The molecule has 0 saturated heterocycles. The van der Waals surface area contributed by atoms with Crippen LogP contribution in [0, 0.1) is 0 Å². The van der Waals surface area contributed by atoms with E-state index in [-0.39, 0.29) is 21.0 Å². The number of nitrogens with zero attached hydrogens (tertiary/aromatic N) is 3. The van der Waals surface area contributed by atoms with Gasteiger partial charge in [-0.05, 0) is 0 Å². The fourth-order valence-corrected chi connectivity index (χ4v) is 3.45. The molecule has 4 nitrogen and oxygen atoms in total. The van der Waals surface area contributed by atoms with Crippen LogP contribution in [0.2, 0.25) is 0 Å². The molecule has 1 atom stereocenters. The summed E-state index contributed by atoms with van der Waals surface area (Å²) in [6, 6.07) is 15.0. The molecule has 5 heteroatoms. The third-order valence-electron chi connectivity index (χ3n) is 3.57. The second-order valence-electron chi connectivity index (χ2n) is 5.29. The molecule has 1 N–H and O–H groups in total. The van der Waals surface area contributed by atoms with Crippen molar-refractivity contribution in [2.45, 2.75) is 13.0 Å². The minimum atomic E-state index is 0.0106. The zero-order valence-electron chi connectivity index (χ0n) is 12.4. The topological polar surface area (TPSA) is 41.1 Å². The zero-order valence-corrected chi connectivity index (χ0v) is 14.1. The van der Waals surface area contributed by atoms with E-state index in [9.17, 15) is 0 Å². The van der Waals surface area contributed by atoms with Crippen molar-refractivity contribution in [3.05, 3.63) is 48.0 Å². The molecule has 0 saturated carbocycles. The van der Waals surface area contributed by atoms with Crippen molar-refractivity contribution in [1.29, 1.82) is 0 Å². The van der Waals surface area contributed by atoms with Crippen molar-refractivity contribution in [3.8, 4) is 0 Å². The summed E-state index contributed by atoms with van der Waals surface area (Å²) < 4.78 is 8.93. The average Bonchev–Trinajstić information content (AvgIpc) is 2.97. The Balaban J connectivity index is 1.82. The van der Waals surface area contributed by atoms with E-state index in [1.165, 1.54) is 11.3 Å². The summed E-state index contributed by atoms with van der Waals surface area (Å²) in [5, 5.41) is 3.55.